The molecule has 0 atom stereocenters. The lowest BCUT2D eigenvalue weighted by Crippen LogP contribution is -2.32. The third-order valence-electron chi connectivity index (χ3n) is 2.62. The van der Waals surface area contributed by atoms with E-state index in [1.165, 1.54) is 11.0 Å². The van der Waals surface area contributed by atoms with Crippen molar-refractivity contribution in [2.24, 2.45) is 0 Å². The zero-order chi connectivity index (χ0) is 14.6. The molecule has 1 aromatic carbocycles. The maximum atomic E-state index is 12.6. The summed E-state index contributed by atoms with van der Waals surface area (Å²) in [5.41, 5.74) is -0.512. The van der Waals surface area contributed by atoms with Crippen LogP contribution in [0.3, 0.4) is 0 Å². The van der Waals surface area contributed by atoms with Gasteiger partial charge in [-0.15, -0.1) is 0 Å². The summed E-state index contributed by atoms with van der Waals surface area (Å²) >= 11 is 3.15. The second-order valence-electron chi connectivity index (χ2n) is 3.95. The molecule has 0 bridgehead atoms. The van der Waals surface area contributed by atoms with Gasteiger partial charge in [0.2, 0.25) is 5.91 Å². The molecule has 0 radical (unpaired) electrons. The Morgan fingerprint density at radius 2 is 2.05 bits per heavy atom. The van der Waals surface area contributed by atoms with Crippen molar-refractivity contribution in [1.82, 2.24) is 4.90 Å². The molecule has 0 saturated carbocycles. The van der Waals surface area contributed by atoms with Crippen LogP contribution >= 0.6 is 15.9 Å². The number of anilines is 1. The first kappa shape index (κ1) is 15.8. The van der Waals surface area contributed by atoms with Crippen molar-refractivity contribution in [3.63, 3.8) is 0 Å². The van der Waals surface area contributed by atoms with E-state index in [9.17, 15) is 18.0 Å². The van der Waals surface area contributed by atoms with Gasteiger partial charge in [0.25, 0.3) is 0 Å². The van der Waals surface area contributed by atoms with Crippen LogP contribution in [0.2, 0.25) is 0 Å². The minimum absolute atomic E-state index is 0.0513. The molecule has 106 valence electrons. The predicted octanol–water partition coefficient (Wildman–Crippen LogP) is 3.36. The summed E-state index contributed by atoms with van der Waals surface area (Å²) in [7, 11) is 1.63. The topological polar surface area (TPSA) is 32.3 Å². The molecule has 0 aliphatic heterocycles. The summed E-state index contributed by atoms with van der Waals surface area (Å²) in [5, 5.41) is 2.70. The lowest BCUT2D eigenvalue weighted by atomic mass is 10.2. The van der Waals surface area contributed by atoms with Gasteiger partial charge in [0.05, 0.1) is 12.1 Å². The molecule has 0 heterocycles. The maximum Gasteiger partial charge on any atom is 0.416 e. The fraction of sp³-hybridized carbons (Fsp3) is 0.417. The Kier molecular flexibility index (Phi) is 5.22. The number of hydrogen-bond donors (Lipinski definition) is 1. The number of amides is 1. The zero-order valence-corrected chi connectivity index (χ0v) is 12.1. The van der Waals surface area contributed by atoms with E-state index < -0.39 is 11.7 Å². The Labute approximate surface area is 117 Å². The fourth-order valence-electron chi connectivity index (χ4n) is 1.32. The largest absolute Gasteiger partial charge is 0.416 e. The number of hydrogen-bond acceptors (Lipinski definition) is 2. The van der Waals surface area contributed by atoms with Crippen LogP contribution in [0.5, 0.6) is 0 Å². The molecule has 0 saturated heterocycles. The summed E-state index contributed by atoms with van der Waals surface area (Å²) in [4.78, 5) is 13.0. The molecule has 19 heavy (non-hydrogen) atoms. The second kappa shape index (κ2) is 6.27. The van der Waals surface area contributed by atoms with Gasteiger partial charge in [-0.25, -0.2) is 0 Å². The molecular formula is C12H14BrF3N2O. The Balaban J connectivity index is 2.81. The molecule has 1 aromatic rings. The van der Waals surface area contributed by atoms with Crippen LogP contribution < -0.4 is 5.32 Å². The van der Waals surface area contributed by atoms with Crippen molar-refractivity contribution >= 4 is 27.5 Å². The van der Waals surface area contributed by atoms with E-state index in [1.54, 1.807) is 7.05 Å². The first-order valence-corrected chi connectivity index (χ1v) is 6.39. The van der Waals surface area contributed by atoms with E-state index in [2.05, 4.69) is 21.2 Å². The van der Waals surface area contributed by atoms with Crippen molar-refractivity contribution in [2.45, 2.75) is 13.1 Å². The number of halogens is 4. The molecule has 0 spiro atoms. The van der Waals surface area contributed by atoms with E-state index in [0.29, 0.717) is 11.0 Å². The van der Waals surface area contributed by atoms with Crippen molar-refractivity contribution in [3.8, 4) is 0 Å². The van der Waals surface area contributed by atoms with Crippen LogP contribution in [-0.2, 0) is 11.0 Å². The van der Waals surface area contributed by atoms with E-state index in [-0.39, 0.29) is 18.1 Å². The number of carbonyl (C=O) groups excluding carboxylic acids is 1. The first-order valence-electron chi connectivity index (χ1n) is 5.60. The summed E-state index contributed by atoms with van der Waals surface area (Å²) in [6.45, 7) is 2.31. The lowest BCUT2D eigenvalue weighted by Gasteiger charge is -2.16. The molecule has 3 nitrogen and oxygen atoms in total. The van der Waals surface area contributed by atoms with Gasteiger partial charge >= 0.3 is 6.18 Å². The van der Waals surface area contributed by atoms with Crippen LogP contribution in [0.25, 0.3) is 0 Å². The Morgan fingerprint density at radius 3 is 2.58 bits per heavy atom. The first-order chi connectivity index (χ1) is 8.75. The molecule has 7 heteroatoms. The summed E-state index contributed by atoms with van der Waals surface area (Å²) in [6.07, 6.45) is -4.40. The highest BCUT2D eigenvalue weighted by molar-refractivity contribution is 9.10. The van der Waals surface area contributed by atoms with Gasteiger partial charge in [0.15, 0.2) is 0 Å². The number of rotatable bonds is 4. The van der Waals surface area contributed by atoms with Crippen LogP contribution in [0.1, 0.15) is 12.5 Å². The highest BCUT2D eigenvalue weighted by atomic mass is 79.9. The van der Waals surface area contributed by atoms with Crippen molar-refractivity contribution in [3.05, 3.63) is 28.2 Å². The zero-order valence-electron chi connectivity index (χ0n) is 10.5. The molecule has 0 unspecified atom stereocenters. The Morgan fingerprint density at radius 1 is 1.42 bits per heavy atom. The molecule has 1 amide bonds. The average Bonchev–Trinajstić information content (AvgIpc) is 2.35. The molecule has 0 fully saturated rings. The van der Waals surface area contributed by atoms with Crippen molar-refractivity contribution in [1.29, 1.82) is 0 Å². The second-order valence-corrected chi connectivity index (χ2v) is 4.81. The van der Waals surface area contributed by atoms with E-state index >= 15 is 0 Å². The number of benzene rings is 1. The molecule has 1 N–H and O–H groups in total. The highest BCUT2D eigenvalue weighted by Crippen LogP contribution is 2.33. The van der Waals surface area contributed by atoms with E-state index in [1.807, 2.05) is 6.92 Å². The van der Waals surface area contributed by atoms with Gasteiger partial charge in [-0.1, -0.05) is 0 Å². The van der Waals surface area contributed by atoms with Gasteiger partial charge in [0, 0.05) is 23.8 Å². The summed E-state index contributed by atoms with van der Waals surface area (Å²) in [5.74, 6) is -0.188. The lowest BCUT2D eigenvalue weighted by molar-refractivity contribution is -0.137. The maximum absolute atomic E-state index is 12.6. The third-order valence-corrected chi connectivity index (χ3v) is 3.32. The number of alkyl halides is 3. The van der Waals surface area contributed by atoms with Crippen LogP contribution in [-0.4, -0.2) is 30.9 Å². The van der Waals surface area contributed by atoms with Gasteiger partial charge in [-0.3, -0.25) is 4.79 Å². The molecular weight excluding hydrogens is 325 g/mol. The third kappa shape index (κ3) is 4.41. The number of carbonyl (C=O) groups is 1. The quantitative estimate of drug-likeness (QED) is 0.912. The summed E-state index contributed by atoms with van der Waals surface area (Å²) < 4.78 is 38.2. The van der Waals surface area contributed by atoms with Crippen molar-refractivity contribution in [2.75, 3.05) is 25.5 Å². The molecule has 0 aromatic heterocycles. The minimum atomic E-state index is -4.40. The molecule has 1 rings (SSSR count). The molecule has 0 aliphatic carbocycles. The SMILES string of the molecule is CCN(C)C(=O)CNc1cc(C(F)(F)F)ccc1Br. The number of nitrogens with zero attached hydrogens (tertiary/aromatic N) is 1. The normalized spacial score (nSPS) is 11.3. The van der Waals surface area contributed by atoms with E-state index in [0.717, 1.165) is 12.1 Å². The van der Waals surface area contributed by atoms with Gasteiger partial charge < -0.3 is 10.2 Å². The smallest absolute Gasteiger partial charge is 0.375 e. The number of nitrogens with one attached hydrogen (secondary N) is 1. The standard InChI is InChI=1S/C12H14BrF3N2O/c1-3-18(2)11(19)7-17-10-6-8(12(14,15)16)4-5-9(10)13/h4-6,17H,3,7H2,1-2H3. The van der Waals surface area contributed by atoms with Gasteiger partial charge in [0.1, 0.15) is 0 Å². The monoisotopic (exact) mass is 338 g/mol. The van der Waals surface area contributed by atoms with Crippen LogP contribution in [0.15, 0.2) is 22.7 Å². The predicted molar refractivity (Wildman–Crippen MR) is 70.9 cm³/mol. The number of likely N-dealkylation sites (N-methyl/N-ethyl adjacent to an activating group) is 1. The fourth-order valence-corrected chi connectivity index (χ4v) is 1.71. The summed E-state index contributed by atoms with van der Waals surface area (Å²) in [6, 6.07) is 3.26. The molecule has 0 aliphatic rings. The Bertz CT molecular complexity index is 463. The van der Waals surface area contributed by atoms with Gasteiger partial charge in [-0.05, 0) is 41.1 Å². The van der Waals surface area contributed by atoms with Gasteiger partial charge in [-0.2, -0.15) is 13.2 Å². The minimum Gasteiger partial charge on any atom is -0.375 e. The average molecular weight is 339 g/mol. The highest BCUT2D eigenvalue weighted by Gasteiger charge is 2.30. The van der Waals surface area contributed by atoms with Crippen molar-refractivity contribution < 1.29 is 18.0 Å². The van der Waals surface area contributed by atoms with Crippen LogP contribution in [0, 0.1) is 0 Å². The van der Waals surface area contributed by atoms with E-state index in [4.69, 9.17) is 0 Å². The van der Waals surface area contributed by atoms with Crippen LogP contribution in [0.4, 0.5) is 18.9 Å². The Hall–Kier alpha value is -1.24.